The molecule has 2 saturated carbocycles. The van der Waals surface area contributed by atoms with Gasteiger partial charge in [0.15, 0.2) is 0 Å². The highest BCUT2D eigenvalue weighted by Crippen LogP contribution is 2.62. The molecule has 0 aromatic heterocycles. The Kier molecular flexibility index (Phi) is 2.10. The summed E-state index contributed by atoms with van der Waals surface area (Å²) in [6, 6.07) is 0.795. The molecule has 1 saturated heterocycles. The Labute approximate surface area is 86.4 Å². The van der Waals surface area contributed by atoms with Crippen LogP contribution in [0.3, 0.4) is 0 Å². The summed E-state index contributed by atoms with van der Waals surface area (Å²) in [5.41, 5.74) is 0.580. The summed E-state index contributed by atoms with van der Waals surface area (Å²) >= 11 is 0. The summed E-state index contributed by atoms with van der Waals surface area (Å²) in [5.74, 6) is 0.849. The standard InChI is InChI=1S/C12H21NO/c1-2-7-13-10-9-4-8-14-11(9)12(10)5-3-6-12/h9-11,13H,2-8H2,1H3. The molecule has 3 unspecified atom stereocenters. The second-order valence-electron chi connectivity index (χ2n) is 5.26. The highest BCUT2D eigenvalue weighted by atomic mass is 16.5. The molecular formula is C12H21NO. The van der Waals surface area contributed by atoms with E-state index in [2.05, 4.69) is 12.2 Å². The second-order valence-corrected chi connectivity index (χ2v) is 5.26. The van der Waals surface area contributed by atoms with Crippen LogP contribution in [-0.2, 0) is 4.74 Å². The van der Waals surface area contributed by atoms with Crippen LogP contribution in [0.5, 0.6) is 0 Å². The van der Waals surface area contributed by atoms with Gasteiger partial charge in [-0.1, -0.05) is 13.3 Å². The topological polar surface area (TPSA) is 21.3 Å². The van der Waals surface area contributed by atoms with Crippen LogP contribution in [-0.4, -0.2) is 25.3 Å². The summed E-state index contributed by atoms with van der Waals surface area (Å²) in [6.45, 7) is 4.46. The van der Waals surface area contributed by atoms with Gasteiger partial charge in [-0.25, -0.2) is 0 Å². The van der Waals surface area contributed by atoms with Crippen molar-refractivity contribution in [3.05, 3.63) is 0 Å². The zero-order valence-electron chi connectivity index (χ0n) is 9.09. The van der Waals surface area contributed by atoms with Crippen molar-refractivity contribution in [3.8, 4) is 0 Å². The molecule has 3 atom stereocenters. The van der Waals surface area contributed by atoms with E-state index in [-0.39, 0.29) is 0 Å². The van der Waals surface area contributed by atoms with Crippen molar-refractivity contribution in [3.63, 3.8) is 0 Å². The van der Waals surface area contributed by atoms with Crippen molar-refractivity contribution in [2.24, 2.45) is 11.3 Å². The van der Waals surface area contributed by atoms with Gasteiger partial charge in [0.25, 0.3) is 0 Å². The molecule has 1 heterocycles. The zero-order valence-corrected chi connectivity index (χ0v) is 9.09. The van der Waals surface area contributed by atoms with Gasteiger partial charge in [0, 0.05) is 24.0 Å². The lowest BCUT2D eigenvalue weighted by Gasteiger charge is -2.63. The van der Waals surface area contributed by atoms with Crippen molar-refractivity contribution in [2.45, 2.75) is 51.2 Å². The van der Waals surface area contributed by atoms with Gasteiger partial charge in [-0.15, -0.1) is 0 Å². The first kappa shape index (κ1) is 9.17. The van der Waals surface area contributed by atoms with Gasteiger partial charge in [0.2, 0.25) is 0 Å². The lowest BCUT2D eigenvalue weighted by molar-refractivity contribution is -0.175. The third-order valence-corrected chi connectivity index (χ3v) is 4.65. The molecule has 0 aromatic carbocycles. The fourth-order valence-corrected chi connectivity index (χ4v) is 3.86. The lowest BCUT2D eigenvalue weighted by atomic mass is 9.46. The molecule has 0 bridgehead atoms. The van der Waals surface area contributed by atoms with E-state index in [1.54, 1.807) is 0 Å². The molecule has 1 aliphatic heterocycles. The summed E-state index contributed by atoms with van der Waals surface area (Å²) < 4.78 is 5.88. The summed E-state index contributed by atoms with van der Waals surface area (Å²) in [6.07, 6.45) is 7.44. The van der Waals surface area contributed by atoms with Crippen molar-refractivity contribution in [2.75, 3.05) is 13.2 Å². The van der Waals surface area contributed by atoms with E-state index < -0.39 is 0 Å². The minimum atomic E-state index is 0.580. The maximum atomic E-state index is 5.88. The number of ether oxygens (including phenoxy) is 1. The largest absolute Gasteiger partial charge is 0.377 e. The van der Waals surface area contributed by atoms with E-state index in [1.807, 2.05) is 0 Å². The van der Waals surface area contributed by atoms with Gasteiger partial charge in [-0.2, -0.15) is 0 Å². The Balaban J connectivity index is 1.69. The monoisotopic (exact) mass is 195 g/mol. The molecule has 0 aromatic rings. The third-order valence-electron chi connectivity index (χ3n) is 4.65. The second kappa shape index (κ2) is 3.21. The van der Waals surface area contributed by atoms with Crippen LogP contribution < -0.4 is 5.32 Å². The van der Waals surface area contributed by atoms with Gasteiger partial charge in [-0.05, 0) is 32.2 Å². The van der Waals surface area contributed by atoms with Crippen molar-refractivity contribution in [1.82, 2.24) is 5.32 Å². The molecule has 3 rings (SSSR count). The summed E-state index contributed by atoms with van der Waals surface area (Å²) in [5, 5.41) is 3.75. The van der Waals surface area contributed by atoms with Crippen LogP contribution in [0.15, 0.2) is 0 Å². The Morgan fingerprint density at radius 3 is 2.93 bits per heavy atom. The number of hydrogen-bond acceptors (Lipinski definition) is 2. The van der Waals surface area contributed by atoms with E-state index in [4.69, 9.17) is 4.74 Å². The highest BCUT2D eigenvalue weighted by Gasteiger charge is 2.66. The van der Waals surface area contributed by atoms with Crippen LogP contribution in [0.1, 0.15) is 39.0 Å². The van der Waals surface area contributed by atoms with Crippen LogP contribution in [0, 0.1) is 11.3 Å². The van der Waals surface area contributed by atoms with Gasteiger partial charge in [0.1, 0.15) is 0 Å². The average molecular weight is 195 g/mol. The van der Waals surface area contributed by atoms with Crippen LogP contribution in [0.4, 0.5) is 0 Å². The minimum absolute atomic E-state index is 0.580. The number of hydrogen-bond donors (Lipinski definition) is 1. The van der Waals surface area contributed by atoms with Gasteiger partial charge < -0.3 is 10.1 Å². The van der Waals surface area contributed by atoms with E-state index in [0.29, 0.717) is 11.5 Å². The van der Waals surface area contributed by atoms with Crippen LogP contribution >= 0.6 is 0 Å². The van der Waals surface area contributed by atoms with Crippen LogP contribution in [0.2, 0.25) is 0 Å². The summed E-state index contributed by atoms with van der Waals surface area (Å²) in [4.78, 5) is 0. The Bertz CT molecular complexity index is 224. The molecule has 1 N–H and O–H groups in total. The van der Waals surface area contributed by atoms with Gasteiger partial charge in [-0.3, -0.25) is 0 Å². The normalized spacial score (nSPS) is 43.1. The van der Waals surface area contributed by atoms with E-state index in [0.717, 1.165) is 18.6 Å². The molecule has 14 heavy (non-hydrogen) atoms. The smallest absolute Gasteiger partial charge is 0.0690 e. The lowest BCUT2D eigenvalue weighted by Crippen LogP contribution is -2.71. The molecule has 0 radical (unpaired) electrons. The molecule has 80 valence electrons. The SMILES string of the molecule is CCCNC1C2CCOC2C12CCC2. The van der Waals surface area contributed by atoms with E-state index in [9.17, 15) is 0 Å². The number of fused-ring (bicyclic) bond motifs is 2. The van der Waals surface area contributed by atoms with Crippen molar-refractivity contribution < 1.29 is 4.74 Å². The zero-order chi connectivity index (χ0) is 9.60. The van der Waals surface area contributed by atoms with Gasteiger partial charge >= 0.3 is 0 Å². The number of nitrogens with one attached hydrogen (secondary N) is 1. The Morgan fingerprint density at radius 2 is 2.29 bits per heavy atom. The molecular weight excluding hydrogens is 174 g/mol. The molecule has 2 heteroatoms. The van der Waals surface area contributed by atoms with E-state index in [1.165, 1.54) is 38.6 Å². The van der Waals surface area contributed by atoms with Crippen molar-refractivity contribution >= 4 is 0 Å². The van der Waals surface area contributed by atoms with E-state index >= 15 is 0 Å². The summed E-state index contributed by atoms with van der Waals surface area (Å²) in [7, 11) is 0. The molecule has 2 nitrogen and oxygen atoms in total. The minimum Gasteiger partial charge on any atom is -0.377 e. The quantitative estimate of drug-likeness (QED) is 0.743. The maximum absolute atomic E-state index is 5.88. The Hall–Kier alpha value is -0.0800. The van der Waals surface area contributed by atoms with Crippen LogP contribution in [0.25, 0.3) is 0 Å². The fraction of sp³-hybridized carbons (Fsp3) is 1.00. The number of rotatable bonds is 3. The molecule has 3 fully saturated rings. The molecule has 2 aliphatic carbocycles. The average Bonchev–Trinajstić information content (AvgIpc) is 2.49. The first-order valence-electron chi connectivity index (χ1n) is 6.23. The first-order valence-corrected chi connectivity index (χ1v) is 6.23. The molecule has 1 spiro atoms. The Morgan fingerprint density at radius 1 is 1.43 bits per heavy atom. The first-order chi connectivity index (χ1) is 6.88. The maximum Gasteiger partial charge on any atom is 0.0690 e. The predicted molar refractivity (Wildman–Crippen MR) is 56.2 cm³/mol. The molecule has 3 aliphatic rings. The third kappa shape index (κ3) is 0.989. The molecule has 0 amide bonds. The highest BCUT2D eigenvalue weighted by molar-refractivity contribution is 5.18. The van der Waals surface area contributed by atoms with Crippen molar-refractivity contribution in [1.29, 1.82) is 0 Å². The fourth-order valence-electron chi connectivity index (χ4n) is 3.86. The predicted octanol–water partition coefficient (Wildman–Crippen LogP) is 1.94. The van der Waals surface area contributed by atoms with Gasteiger partial charge in [0.05, 0.1) is 6.10 Å².